The van der Waals surface area contributed by atoms with Gasteiger partial charge in [-0.05, 0) is 30.3 Å². The van der Waals surface area contributed by atoms with E-state index < -0.39 is 5.97 Å². The molecule has 2 aromatic heterocycles. The van der Waals surface area contributed by atoms with E-state index >= 15 is 0 Å². The SMILES string of the molecule is O=C(O)Cn1nc(-c2cc(Cl)cc(Cl)c2)nc1-c1ccncc1. The van der Waals surface area contributed by atoms with Gasteiger partial charge >= 0.3 is 5.97 Å². The van der Waals surface area contributed by atoms with Crippen LogP contribution in [0, 0.1) is 0 Å². The van der Waals surface area contributed by atoms with E-state index in [1.807, 2.05) is 0 Å². The number of pyridine rings is 1. The van der Waals surface area contributed by atoms with E-state index in [0.717, 1.165) is 0 Å². The van der Waals surface area contributed by atoms with Crippen molar-refractivity contribution in [1.29, 1.82) is 0 Å². The molecule has 0 unspecified atom stereocenters. The Bertz CT molecular complexity index is 845. The number of benzene rings is 1. The van der Waals surface area contributed by atoms with Crippen LogP contribution in [0.15, 0.2) is 42.7 Å². The summed E-state index contributed by atoms with van der Waals surface area (Å²) in [5.74, 6) is -0.232. The van der Waals surface area contributed by atoms with Gasteiger partial charge < -0.3 is 5.11 Å². The van der Waals surface area contributed by atoms with Gasteiger partial charge in [0.05, 0.1) is 0 Å². The Morgan fingerprint density at radius 2 is 1.74 bits per heavy atom. The number of nitrogens with zero attached hydrogens (tertiary/aromatic N) is 4. The van der Waals surface area contributed by atoms with Crippen LogP contribution >= 0.6 is 23.2 Å². The highest BCUT2D eigenvalue weighted by Gasteiger charge is 2.16. The van der Waals surface area contributed by atoms with Crippen LogP contribution < -0.4 is 0 Å². The molecule has 0 atom stereocenters. The lowest BCUT2D eigenvalue weighted by Gasteiger charge is -2.01. The molecule has 0 saturated carbocycles. The summed E-state index contributed by atoms with van der Waals surface area (Å²) in [7, 11) is 0. The van der Waals surface area contributed by atoms with Gasteiger partial charge in [0.1, 0.15) is 6.54 Å². The van der Waals surface area contributed by atoms with Crippen molar-refractivity contribution in [3.63, 3.8) is 0 Å². The highest BCUT2D eigenvalue weighted by Crippen LogP contribution is 2.27. The first kappa shape index (κ1) is 15.5. The number of hydrogen-bond donors (Lipinski definition) is 1. The fourth-order valence-electron chi connectivity index (χ4n) is 2.10. The van der Waals surface area contributed by atoms with Crippen molar-refractivity contribution in [2.45, 2.75) is 6.54 Å². The average molecular weight is 349 g/mol. The fourth-order valence-corrected chi connectivity index (χ4v) is 2.63. The summed E-state index contributed by atoms with van der Waals surface area (Å²) >= 11 is 12.0. The van der Waals surface area contributed by atoms with Gasteiger partial charge in [-0.25, -0.2) is 9.67 Å². The third-order valence-electron chi connectivity index (χ3n) is 3.02. The summed E-state index contributed by atoms with van der Waals surface area (Å²) in [4.78, 5) is 19.4. The van der Waals surface area contributed by atoms with Gasteiger partial charge in [-0.15, -0.1) is 5.10 Å². The molecule has 6 nitrogen and oxygen atoms in total. The molecule has 0 saturated heterocycles. The predicted octanol–water partition coefficient (Wildman–Crippen LogP) is 3.40. The molecular formula is C15H10Cl2N4O2. The molecular weight excluding hydrogens is 339 g/mol. The highest BCUT2D eigenvalue weighted by atomic mass is 35.5. The summed E-state index contributed by atoms with van der Waals surface area (Å²) in [6, 6.07) is 8.41. The Morgan fingerprint density at radius 3 is 2.35 bits per heavy atom. The minimum absolute atomic E-state index is 0.307. The van der Waals surface area contributed by atoms with Crippen LogP contribution in [0.2, 0.25) is 10.0 Å². The Kier molecular flexibility index (Phi) is 4.27. The molecule has 116 valence electrons. The van der Waals surface area contributed by atoms with Gasteiger partial charge in [0.2, 0.25) is 0 Å². The largest absolute Gasteiger partial charge is 0.480 e. The number of hydrogen-bond acceptors (Lipinski definition) is 4. The molecule has 0 radical (unpaired) electrons. The molecule has 0 aliphatic carbocycles. The normalized spacial score (nSPS) is 10.7. The lowest BCUT2D eigenvalue weighted by atomic mass is 10.2. The maximum atomic E-state index is 11.1. The molecule has 3 rings (SSSR count). The summed E-state index contributed by atoms with van der Waals surface area (Å²) < 4.78 is 1.32. The van der Waals surface area contributed by atoms with E-state index in [9.17, 15) is 4.79 Å². The van der Waals surface area contributed by atoms with Crippen molar-refractivity contribution in [3.05, 3.63) is 52.8 Å². The number of carbonyl (C=O) groups is 1. The van der Waals surface area contributed by atoms with Gasteiger partial charge in [-0.3, -0.25) is 9.78 Å². The van der Waals surface area contributed by atoms with Crippen LogP contribution in [0.1, 0.15) is 0 Å². The quantitative estimate of drug-likeness (QED) is 0.781. The van der Waals surface area contributed by atoms with E-state index in [1.54, 1.807) is 42.7 Å². The van der Waals surface area contributed by atoms with Crippen LogP contribution in [-0.4, -0.2) is 30.8 Å². The molecule has 0 spiro atoms. The van der Waals surface area contributed by atoms with E-state index in [2.05, 4.69) is 15.1 Å². The van der Waals surface area contributed by atoms with Crippen molar-refractivity contribution in [1.82, 2.24) is 19.7 Å². The lowest BCUT2D eigenvalue weighted by Crippen LogP contribution is -2.11. The molecule has 0 bridgehead atoms. The fraction of sp³-hybridized carbons (Fsp3) is 0.0667. The standard InChI is InChI=1S/C15H10Cl2N4O2/c16-11-5-10(6-12(17)7-11)14-19-15(9-1-3-18-4-2-9)21(20-14)8-13(22)23/h1-7H,8H2,(H,22,23). The Labute approximate surface area is 141 Å². The van der Waals surface area contributed by atoms with E-state index in [0.29, 0.717) is 32.8 Å². The molecule has 0 amide bonds. The van der Waals surface area contributed by atoms with Crippen LogP contribution in [0.4, 0.5) is 0 Å². The number of aliphatic carboxylic acids is 1. The molecule has 3 aromatic rings. The molecule has 0 aliphatic rings. The molecule has 0 aliphatic heterocycles. The lowest BCUT2D eigenvalue weighted by molar-refractivity contribution is -0.137. The monoisotopic (exact) mass is 348 g/mol. The van der Waals surface area contributed by atoms with E-state index in [1.165, 1.54) is 4.68 Å². The van der Waals surface area contributed by atoms with E-state index in [4.69, 9.17) is 28.3 Å². The molecule has 23 heavy (non-hydrogen) atoms. The zero-order valence-electron chi connectivity index (χ0n) is 11.6. The van der Waals surface area contributed by atoms with Crippen molar-refractivity contribution in [2.75, 3.05) is 0 Å². The zero-order chi connectivity index (χ0) is 16.4. The summed E-state index contributed by atoms with van der Waals surface area (Å²) in [5.41, 5.74) is 1.33. The first-order valence-electron chi connectivity index (χ1n) is 6.56. The van der Waals surface area contributed by atoms with Gasteiger partial charge in [-0.2, -0.15) is 0 Å². The first-order chi connectivity index (χ1) is 11.0. The number of carboxylic acid groups (broad SMARTS) is 1. The van der Waals surface area contributed by atoms with E-state index in [-0.39, 0.29) is 6.54 Å². The number of carboxylic acids is 1. The van der Waals surface area contributed by atoms with Crippen LogP contribution in [0.25, 0.3) is 22.8 Å². The summed E-state index contributed by atoms with van der Waals surface area (Å²) in [5, 5.41) is 14.2. The van der Waals surface area contributed by atoms with Crippen LogP contribution in [0.3, 0.4) is 0 Å². The van der Waals surface area contributed by atoms with Crippen LogP contribution in [-0.2, 0) is 11.3 Å². The second-order valence-corrected chi connectivity index (χ2v) is 5.58. The smallest absolute Gasteiger partial charge is 0.325 e. The third kappa shape index (κ3) is 3.49. The molecule has 1 aromatic carbocycles. The Hall–Kier alpha value is -2.44. The molecule has 2 heterocycles. The van der Waals surface area contributed by atoms with Gasteiger partial charge in [0.15, 0.2) is 11.6 Å². The summed E-state index contributed by atoms with van der Waals surface area (Å²) in [6.45, 7) is -0.307. The van der Waals surface area contributed by atoms with Crippen molar-refractivity contribution in [2.24, 2.45) is 0 Å². The maximum absolute atomic E-state index is 11.1. The second kappa shape index (κ2) is 6.36. The average Bonchev–Trinajstić information content (AvgIpc) is 2.90. The van der Waals surface area contributed by atoms with Crippen molar-refractivity contribution >= 4 is 29.2 Å². The Morgan fingerprint density at radius 1 is 1.09 bits per heavy atom. The Balaban J connectivity index is 2.12. The molecule has 1 N–H and O–H groups in total. The topological polar surface area (TPSA) is 80.9 Å². The second-order valence-electron chi connectivity index (χ2n) is 4.70. The first-order valence-corrected chi connectivity index (χ1v) is 7.32. The number of halogens is 2. The van der Waals surface area contributed by atoms with Gasteiger partial charge in [-0.1, -0.05) is 23.2 Å². The maximum Gasteiger partial charge on any atom is 0.325 e. The summed E-state index contributed by atoms with van der Waals surface area (Å²) in [6.07, 6.45) is 3.20. The minimum Gasteiger partial charge on any atom is -0.480 e. The highest BCUT2D eigenvalue weighted by molar-refractivity contribution is 6.35. The number of rotatable bonds is 4. The van der Waals surface area contributed by atoms with Crippen molar-refractivity contribution < 1.29 is 9.90 Å². The van der Waals surface area contributed by atoms with Crippen molar-refractivity contribution in [3.8, 4) is 22.8 Å². The third-order valence-corrected chi connectivity index (χ3v) is 3.45. The minimum atomic E-state index is -1.01. The molecule has 8 heteroatoms. The van der Waals surface area contributed by atoms with Crippen LogP contribution in [0.5, 0.6) is 0 Å². The van der Waals surface area contributed by atoms with Gasteiger partial charge in [0, 0.05) is 33.6 Å². The predicted molar refractivity (Wildman–Crippen MR) is 86.3 cm³/mol. The molecule has 0 fully saturated rings. The zero-order valence-corrected chi connectivity index (χ0v) is 13.2. The van der Waals surface area contributed by atoms with Gasteiger partial charge in [0.25, 0.3) is 0 Å². The number of aromatic nitrogens is 4.